The number of rotatable bonds is 33. The molecule has 1 aliphatic rings. The zero-order valence-corrected chi connectivity index (χ0v) is 84.9. The maximum Gasteiger partial charge on any atom is 0.341 e. The first-order chi connectivity index (χ1) is 68.0. The molecule has 1 unspecified atom stereocenters. The van der Waals surface area contributed by atoms with Gasteiger partial charge in [-0.2, -0.15) is 0 Å². The molecule has 44 nitrogen and oxygen atoms in total. The molecule has 1 saturated heterocycles. The number of likely N-dealkylation sites (N-methyl/N-ethyl adjacent to an activating group) is 1. The predicted octanol–water partition coefficient (Wildman–Crippen LogP) is -1.30. The lowest BCUT2D eigenvalue weighted by Gasteiger charge is -2.33. The highest BCUT2D eigenvalue weighted by atomic mass is 32.2. The van der Waals surface area contributed by atoms with E-state index < -0.39 is 283 Å². The summed E-state index contributed by atoms with van der Waals surface area (Å²) in [6.45, 7) is 16.9. The number of nitrogens with two attached hydrogens (primary N) is 2. The summed E-state index contributed by atoms with van der Waals surface area (Å²) in [5, 5.41) is 61.2. The van der Waals surface area contributed by atoms with Crippen molar-refractivity contribution >= 4 is 159 Å². The molecule has 2 heterocycles. The van der Waals surface area contributed by atoms with Gasteiger partial charge in [-0.1, -0.05) is 152 Å². The monoisotopic (exact) mass is 2060 g/mol. The summed E-state index contributed by atoms with van der Waals surface area (Å²) in [5.41, 5.74) is 14.9. The minimum Gasteiger partial charge on any atom is -0.482 e. The normalized spacial score (nSPS) is 22.2. The summed E-state index contributed by atoms with van der Waals surface area (Å²) >= 11 is 2.53. The van der Waals surface area contributed by atoms with Crippen molar-refractivity contribution in [2.45, 2.75) is 219 Å². The van der Waals surface area contributed by atoms with Crippen LogP contribution in [0.4, 0.5) is 0 Å². The fraction of sp³-hybridized carbons (Fsp3) is 0.485. The van der Waals surface area contributed by atoms with Gasteiger partial charge in [0.1, 0.15) is 90.3 Å². The quantitative estimate of drug-likeness (QED) is 0.0171. The van der Waals surface area contributed by atoms with E-state index in [-0.39, 0.29) is 59.8 Å². The van der Waals surface area contributed by atoms with E-state index in [9.17, 15) is 77.3 Å². The number of carbonyl (C=O) groups is 21. The summed E-state index contributed by atoms with van der Waals surface area (Å²) in [7, 11) is 1.25. The number of nitrogens with one attached hydrogen (secondary N) is 16. The number of aromatic nitrogens is 1. The molecule has 0 spiro atoms. The van der Waals surface area contributed by atoms with E-state index in [0.29, 0.717) is 34.0 Å². The highest BCUT2D eigenvalue weighted by Crippen LogP contribution is 2.24. The van der Waals surface area contributed by atoms with Gasteiger partial charge in [0.2, 0.25) is 112 Å². The van der Waals surface area contributed by atoms with Gasteiger partial charge in [-0.15, -0.1) is 35.3 Å². The van der Waals surface area contributed by atoms with Crippen molar-refractivity contribution in [3.05, 3.63) is 155 Å². The zero-order valence-electron chi connectivity index (χ0n) is 82.5. The molecule has 47 heteroatoms. The Morgan fingerprint density at radius 3 is 1.33 bits per heavy atom. The van der Waals surface area contributed by atoms with E-state index in [1.807, 2.05) is 30.3 Å². The third-order valence-electron chi connectivity index (χ3n) is 22.3. The van der Waals surface area contributed by atoms with E-state index >= 15 is 33.6 Å². The summed E-state index contributed by atoms with van der Waals surface area (Å²) in [5.74, 6) is -26.5. The van der Waals surface area contributed by atoms with Crippen molar-refractivity contribution in [1.29, 1.82) is 0 Å². The van der Waals surface area contributed by atoms with E-state index in [1.165, 1.54) is 90.5 Å². The van der Waals surface area contributed by atoms with Gasteiger partial charge in [0.25, 0.3) is 0 Å². The molecule has 6 rings (SSSR count). The second-order valence-electron chi connectivity index (χ2n) is 36.1. The molecule has 0 saturated carbocycles. The lowest BCUT2D eigenvalue weighted by atomic mass is 9.98. The van der Waals surface area contributed by atoms with Gasteiger partial charge >= 0.3 is 11.9 Å². The van der Waals surface area contributed by atoms with E-state index in [0.717, 1.165) is 39.6 Å². The van der Waals surface area contributed by atoms with Crippen molar-refractivity contribution in [3.8, 4) is 16.9 Å². The maximum absolute atomic E-state index is 15.5. The molecule has 0 bridgehead atoms. The molecule has 4 aromatic carbocycles. The van der Waals surface area contributed by atoms with E-state index in [1.54, 1.807) is 97.0 Å². The number of amides is 19. The molecular weight excluding hydrogens is 1930 g/mol. The Bertz CT molecular complexity index is 5320. The molecule has 782 valence electrons. The van der Waals surface area contributed by atoms with Gasteiger partial charge < -0.3 is 116 Å². The van der Waals surface area contributed by atoms with Crippen molar-refractivity contribution < 1.29 is 116 Å². The minimum atomic E-state index is -2.12. The lowest BCUT2D eigenvalue weighted by molar-refractivity contribution is -0.143. The average Bonchev–Trinajstić information content (AvgIpc) is 0.824. The van der Waals surface area contributed by atoms with Crippen molar-refractivity contribution in [2.75, 3.05) is 55.0 Å². The van der Waals surface area contributed by atoms with Crippen LogP contribution in [0.2, 0.25) is 0 Å². The average molecular weight is 2060 g/mol. The van der Waals surface area contributed by atoms with Crippen LogP contribution in [0.25, 0.3) is 11.1 Å². The Kier molecular flexibility index (Phi) is 49.0. The molecule has 19 amide bonds. The van der Waals surface area contributed by atoms with E-state index in [2.05, 4.69) is 90.1 Å². The number of ether oxygens (including phenoxy) is 1. The smallest absolute Gasteiger partial charge is 0.341 e. The fourth-order valence-corrected chi connectivity index (χ4v) is 17.2. The molecule has 1 fully saturated rings. The third kappa shape index (κ3) is 41.7. The molecular formula is C97H132N20O24S3. The fourth-order valence-electron chi connectivity index (χ4n) is 14.6. The first-order valence-corrected chi connectivity index (χ1v) is 50.0. The van der Waals surface area contributed by atoms with Crippen LogP contribution >= 0.6 is 35.3 Å². The van der Waals surface area contributed by atoms with Gasteiger partial charge in [0.15, 0.2) is 6.61 Å². The Balaban J connectivity index is 1.53. The largest absolute Gasteiger partial charge is 0.482 e. The van der Waals surface area contributed by atoms with Crippen LogP contribution < -0.4 is 101 Å². The highest BCUT2D eigenvalue weighted by Gasteiger charge is 2.42. The number of carbonyl (C=O) groups excluding carboxylic acids is 19. The van der Waals surface area contributed by atoms with Crippen LogP contribution in [-0.4, -0.2) is 284 Å². The molecule has 5 aromatic rings. The van der Waals surface area contributed by atoms with Gasteiger partial charge in [-0.05, 0) is 108 Å². The second kappa shape index (κ2) is 59.6. The summed E-state index contributed by atoms with van der Waals surface area (Å²) in [6.07, 6.45) is -1.21. The number of hydrogen-bond donors (Lipinski definition) is 20. The molecule has 1 aromatic heterocycles. The number of pyridine rings is 1. The second-order valence-corrected chi connectivity index (χ2v) is 39.2. The number of nitrogens with zero attached hydrogens (tertiary/aromatic N) is 2. The number of aliphatic carboxylic acids is 2. The Morgan fingerprint density at radius 1 is 0.444 bits per heavy atom. The lowest BCUT2D eigenvalue weighted by Crippen LogP contribution is -2.62. The predicted molar refractivity (Wildman–Crippen MR) is 535 cm³/mol. The topological polar surface area (TPSA) is 669 Å². The zero-order chi connectivity index (χ0) is 107. The number of primary amides is 2. The van der Waals surface area contributed by atoms with Crippen molar-refractivity contribution in [3.63, 3.8) is 0 Å². The van der Waals surface area contributed by atoms with E-state index in [4.69, 9.17) is 16.2 Å². The van der Waals surface area contributed by atoms with Gasteiger partial charge in [-0.25, -0.2) is 4.79 Å². The molecule has 0 radical (unpaired) electrons. The molecule has 144 heavy (non-hydrogen) atoms. The highest BCUT2D eigenvalue weighted by molar-refractivity contribution is 8.00. The van der Waals surface area contributed by atoms with Gasteiger partial charge in [-0.3, -0.25) is 101 Å². The van der Waals surface area contributed by atoms with Crippen LogP contribution in [0.5, 0.6) is 5.75 Å². The van der Waals surface area contributed by atoms with Gasteiger partial charge in [0, 0.05) is 76.2 Å². The summed E-state index contributed by atoms with van der Waals surface area (Å²) in [6, 6.07) is 7.70. The summed E-state index contributed by atoms with van der Waals surface area (Å²) < 4.78 is 5.32. The third-order valence-corrected chi connectivity index (χ3v) is 25.1. The first-order valence-electron chi connectivity index (χ1n) is 46.6. The Morgan fingerprint density at radius 2 is 0.854 bits per heavy atom. The molecule has 1 aliphatic heterocycles. The molecule has 22 N–H and O–H groups in total. The standard InChI is InChI=1S/C97H132N20O24S3/c1-51(2)34-66-86(129)110-72(41-77(98)120)90(133)106-67(35-52(3)4)92(135)115-82(53(5)6)96(139)114-76(47-144-50-103-58(12)119)95(138)112-74(85(128)101-43-78(99)121)45-142-48-79(122)104-68(37-60-24-28-65(29-25-60)141-44-81(125)126)87(130)107-69(39-61-30-32-100-33-31-61)88(131)111-73(42-80(123)124)91(134)108-71(40-62-19-17-18-55(9)36-62)89(132)113-75(46-143-49-102-57(11)118)94(137)109-70(38-59-22-26-64(27-23-59)63-20-15-14-16-21-63)93(136)116-83(54(7)8)97(140)117(13)56(10)84(127)105-66/h14-33,36,51-54,56,66-76,82-83H,34-35,37-50H2,1-13H3,(H2,98,120)(H2,99,121)(H,101,128)(H,102,118)(H,103,119)(H,104,122)(H,105,127)(H,106,133)(H,107,130)(H,108,134)(H,109,137)(H,110,129)(H,111,131)(H,112,138)(H,113,132)(H,114,139)(H,115,135)(H,116,136)(H,123,124)(H,125,126)/t56-,66+,67-,68-,69-,70-,71-,72-,73-,74?,75-,76-,82-,83-/m0/s1. The SMILES string of the molecule is CC(=O)NCSC[C@@H]1NC(=O)[C@H](Cc2cccc(C)c2)NC(=O)[C@H](CC(=O)O)NC(=O)[C@H](Cc2ccncc2)NC(=O)[C@H](Cc2ccc(OCC(=O)O)cc2)NC(=O)CSCC(C(=O)NCC(N)=O)NC(=O)[C@H](CSCNC(C)=O)NC(=O)[C@H](C(C)C)NC(=O)[C@H](CC(C)C)NC(=O)[C@H](CC(N)=O)NC(=O)[C@@H](CC(C)C)NC(=O)[C@H](C)N(C)C(=O)[C@H](C(C)C)NC(=O)[C@H](Cc2ccc(-c3ccccc3)cc2)NC1=O. The number of benzene rings is 4. The maximum atomic E-state index is 15.5. The van der Waals surface area contributed by atoms with Crippen LogP contribution in [-0.2, 0) is 126 Å². The minimum absolute atomic E-state index is 0.0671. The Labute approximate surface area is 846 Å². The number of carboxylic acids is 2. The van der Waals surface area contributed by atoms with Gasteiger partial charge in [0.05, 0.1) is 36.9 Å². The number of hydrogen-bond acceptors (Lipinski definition) is 26. The number of thioether (sulfide) groups is 3. The molecule has 14 atom stereocenters. The first kappa shape index (κ1) is 118. The van der Waals surface area contributed by atoms with Crippen molar-refractivity contribution in [2.24, 2.45) is 35.1 Å². The molecule has 0 aliphatic carbocycles. The van der Waals surface area contributed by atoms with Crippen LogP contribution in [0.15, 0.2) is 128 Å². The van der Waals surface area contributed by atoms with Crippen LogP contribution in [0.1, 0.15) is 130 Å². The number of carboxylic acid groups (broad SMARTS) is 2. The van der Waals surface area contributed by atoms with Crippen LogP contribution in [0, 0.1) is 30.6 Å². The number of aryl methyl sites for hydroxylation is 1. The van der Waals surface area contributed by atoms with Crippen molar-refractivity contribution in [1.82, 2.24) is 95.0 Å². The van der Waals surface area contributed by atoms with Crippen LogP contribution in [0.3, 0.4) is 0 Å². The Hall–Kier alpha value is -14.3. The summed E-state index contributed by atoms with van der Waals surface area (Å²) in [4.78, 5) is 303.